The van der Waals surface area contributed by atoms with Gasteiger partial charge in [0, 0.05) is 23.3 Å². The molecule has 7 heteroatoms. The lowest BCUT2D eigenvalue weighted by molar-refractivity contribution is -0.137. The first-order valence-corrected chi connectivity index (χ1v) is 11.4. The molecule has 0 spiro atoms. The fraction of sp³-hybridized carbons (Fsp3) is 0.250. The molecule has 2 aromatic carbocycles. The van der Waals surface area contributed by atoms with Crippen molar-refractivity contribution in [3.8, 4) is 0 Å². The van der Waals surface area contributed by atoms with Gasteiger partial charge in [-0.15, -0.1) is 0 Å². The van der Waals surface area contributed by atoms with E-state index in [2.05, 4.69) is 29.1 Å². The van der Waals surface area contributed by atoms with Crippen LogP contribution in [0.1, 0.15) is 65.0 Å². The Morgan fingerprint density at radius 2 is 1.69 bits per heavy atom. The number of amides is 1. The van der Waals surface area contributed by atoms with Crippen LogP contribution in [-0.4, -0.2) is 15.9 Å². The molecule has 1 aliphatic carbocycles. The zero-order valence-electron chi connectivity index (χ0n) is 19.3. The smallest absolute Gasteiger partial charge is 0.340 e. The summed E-state index contributed by atoms with van der Waals surface area (Å²) in [6.07, 6.45) is -0.150. The maximum Gasteiger partial charge on any atom is 0.416 e. The summed E-state index contributed by atoms with van der Waals surface area (Å²) in [4.78, 5) is 22.3. The molecule has 2 atom stereocenters. The van der Waals surface area contributed by atoms with Crippen molar-refractivity contribution in [3.05, 3.63) is 107 Å². The van der Waals surface area contributed by atoms with Crippen LogP contribution in [0.15, 0.2) is 79.1 Å². The minimum atomic E-state index is -4.44. The number of pyridine rings is 2. The van der Waals surface area contributed by atoms with Gasteiger partial charge in [0.1, 0.15) is 0 Å². The number of hydrogen-bond donors (Lipinski definition) is 1. The van der Waals surface area contributed by atoms with Gasteiger partial charge in [0.25, 0.3) is 5.91 Å². The molecule has 5 rings (SSSR count). The fourth-order valence-corrected chi connectivity index (χ4v) is 4.56. The molecule has 0 bridgehead atoms. The molecular weight excluding hydrogens is 451 g/mol. The number of fused-ring (bicyclic) bond motifs is 1. The summed E-state index contributed by atoms with van der Waals surface area (Å²) in [7, 11) is 0. The first-order chi connectivity index (χ1) is 16.6. The number of rotatable bonds is 5. The Labute approximate surface area is 201 Å². The highest BCUT2D eigenvalue weighted by molar-refractivity contribution is 5.98. The maximum atomic E-state index is 13.3. The van der Waals surface area contributed by atoms with Crippen molar-refractivity contribution in [1.29, 1.82) is 0 Å². The van der Waals surface area contributed by atoms with E-state index in [0.29, 0.717) is 22.3 Å². The summed E-state index contributed by atoms with van der Waals surface area (Å²) in [5, 5.41) is 3.94. The van der Waals surface area contributed by atoms with Crippen molar-refractivity contribution >= 4 is 16.8 Å². The van der Waals surface area contributed by atoms with Gasteiger partial charge in [-0.1, -0.05) is 44.2 Å². The molecule has 1 saturated carbocycles. The number of nitrogens with one attached hydrogen (secondary N) is 1. The summed E-state index contributed by atoms with van der Waals surface area (Å²) in [5.74, 6) is -0.0842. The van der Waals surface area contributed by atoms with Crippen LogP contribution >= 0.6 is 0 Å². The van der Waals surface area contributed by atoms with Gasteiger partial charge in [-0.2, -0.15) is 13.2 Å². The average molecular weight is 476 g/mol. The van der Waals surface area contributed by atoms with E-state index in [9.17, 15) is 18.0 Å². The Morgan fingerprint density at radius 3 is 2.37 bits per heavy atom. The van der Waals surface area contributed by atoms with Gasteiger partial charge in [0.15, 0.2) is 0 Å². The van der Waals surface area contributed by atoms with Crippen molar-refractivity contribution in [2.24, 2.45) is 5.41 Å². The maximum absolute atomic E-state index is 13.3. The first-order valence-electron chi connectivity index (χ1n) is 11.4. The van der Waals surface area contributed by atoms with Crippen molar-refractivity contribution in [2.45, 2.75) is 38.4 Å². The molecule has 1 aliphatic rings. The van der Waals surface area contributed by atoms with Crippen molar-refractivity contribution < 1.29 is 18.0 Å². The van der Waals surface area contributed by atoms with Crippen molar-refractivity contribution in [3.63, 3.8) is 0 Å². The topological polar surface area (TPSA) is 54.9 Å². The van der Waals surface area contributed by atoms with Gasteiger partial charge < -0.3 is 5.32 Å². The van der Waals surface area contributed by atoms with Gasteiger partial charge in [0.05, 0.1) is 22.8 Å². The van der Waals surface area contributed by atoms with Crippen LogP contribution in [-0.2, 0) is 6.18 Å². The fourth-order valence-electron chi connectivity index (χ4n) is 4.56. The third kappa shape index (κ3) is 4.63. The van der Waals surface area contributed by atoms with E-state index < -0.39 is 17.8 Å². The number of halogens is 3. The summed E-state index contributed by atoms with van der Waals surface area (Å²) in [5.41, 5.74) is 2.65. The van der Waals surface area contributed by atoms with E-state index in [1.807, 2.05) is 30.3 Å². The van der Waals surface area contributed by atoms with Crippen LogP contribution in [0.2, 0.25) is 0 Å². The minimum absolute atomic E-state index is 0.108. The molecule has 4 nitrogen and oxygen atoms in total. The monoisotopic (exact) mass is 475 g/mol. The molecule has 2 heterocycles. The van der Waals surface area contributed by atoms with E-state index in [1.165, 1.54) is 12.1 Å². The molecule has 35 heavy (non-hydrogen) atoms. The number of aromatic nitrogens is 2. The molecule has 1 N–H and O–H groups in total. The molecule has 1 fully saturated rings. The second kappa shape index (κ2) is 8.48. The van der Waals surface area contributed by atoms with Crippen LogP contribution in [0, 0.1) is 5.41 Å². The minimum Gasteiger partial charge on any atom is -0.340 e. The van der Waals surface area contributed by atoms with Gasteiger partial charge in [-0.25, -0.2) is 0 Å². The summed E-state index contributed by atoms with van der Waals surface area (Å²) in [6, 6.07) is 17.0. The van der Waals surface area contributed by atoms with Crippen molar-refractivity contribution in [2.75, 3.05) is 0 Å². The second-order valence-corrected chi connectivity index (χ2v) is 9.66. The van der Waals surface area contributed by atoms with E-state index in [1.54, 1.807) is 24.5 Å². The highest BCUT2D eigenvalue weighted by Gasteiger charge is 2.48. The Balaban J connectivity index is 1.54. The van der Waals surface area contributed by atoms with Gasteiger partial charge in [-0.3, -0.25) is 14.8 Å². The third-order valence-corrected chi connectivity index (χ3v) is 6.75. The summed E-state index contributed by atoms with van der Waals surface area (Å²) < 4.78 is 39.5. The molecule has 2 aromatic heterocycles. The highest BCUT2D eigenvalue weighted by atomic mass is 19.4. The van der Waals surface area contributed by atoms with Crippen molar-refractivity contribution in [1.82, 2.24) is 15.3 Å². The molecule has 178 valence electrons. The summed E-state index contributed by atoms with van der Waals surface area (Å²) >= 11 is 0. The van der Waals surface area contributed by atoms with Gasteiger partial charge in [0.2, 0.25) is 0 Å². The number of benzene rings is 2. The van der Waals surface area contributed by atoms with E-state index >= 15 is 0 Å². The Bertz CT molecular complexity index is 1400. The largest absolute Gasteiger partial charge is 0.416 e. The van der Waals surface area contributed by atoms with Crippen LogP contribution < -0.4 is 5.32 Å². The quantitative estimate of drug-likeness (QED) is 0.350. The lowest BCUT2D eigenvalue weighted by atomic mass is 9.93. The standard InChI is InChI=1S/C28H24F3N3O/c1-27(2)16-22(27)21-6-4-14-33-25(21)24(18-9-11-20(12-10-18)28(29,30)31)34-26(35)19-8-7-17-5-3-13-32-23(17)15-19/h3-15,22,24H,16H2,1-2H3,(H,34,35). The van der Waals surface area contributed by atoms with Gasteiger partial charge >= 0.3 is 6.18 Å². The van der Waals surface area contributed by atoms with Crippen LogP contribution in [0.4, 0.5) is 13.2 Å². The van der Waals surface area contributed by atoms with Crippen LogP contribution in [0.5, 0.6) is 0 Å². The highest BCUT2D eigenvalue weighted by Crippen LogP contribution is 2.59. The lowest BCUT2D eigenvalue weighted by Gasteiger charge is -2.23. The molecule has 4 aromatic rings. The zero-order chi connectivity index (χ0) is 24.8. The Kier molecular flexibility index (Phi) is 5.58. The third-order valence-electron chi connectivity index (χ3n) is 6.75. The zero-order valence-corrected chi connectivity index (χ0v) is 19.3. The number of alkyl halides is 3. The molecule has 1 amide bonds. The molecular formula is C28H24F3N3O. The predicted molar refractivity (Wildman–Crippen MR) is 128 cm³/mol. The second-order valence-electron chi connectivity index (χ2n) is 9.66. The summed E-state index contributed by atoms with van der Waals surface area (Å²) in [6.45, 7) is 4.34. The lowest BCUT2D eigenvalue weighted by Crippen LogP contribution is -2.31. The average Bonchev–Trinajstić information content (AvgIpc) is 3.49. The molecule has 0 aliphatic heterocycles. The molecule has 2 unspecified atom stereocenters. The Morgan fingerprint density at radius 1 is 1.00 bits per heavy atom. The first kappa shape index (κ1) is 23.0. The molecule has 0 radical (unpaired) electrons. The van der Waals surface area contributed by atoms with E-state index in [-0.39, 0.29) is 17.2 Å². The predicted octanol–water partition coefficient (Wildman–Crippen LogP) is 6.68. The number of nitrogens with zero attached hydrogens (tertiary/aromatic N) is 2. The van der Waals surface area contributed by atoms with Crippen LogP contribution in [0.25, 0.3) is 10.9 Å². The Hall–Kier alpha value is -3.74. The van der Waals surface area contributed by atoms with E-state index in [4.69, 9.17) is 0 Å². The molecule has 0 saturated heterocycles. The number of carbonyl (C=O) groups is 1. The number of carbonyl (C=O) groups excluding carboxylic acids is 1. The van der Waals surface area contributed by atoms with Gasteiger partial charge in [-0.05, 0) is 65.3 Å². The normalized spacial score (nSPS) is 17.7. The SMILES string of the molecule is CC1(C)CC1c1cccnc1C(NC(=O)c1ccc2cccnc2c1)c1ccc(C(F)(F)F)cc1. The van der Waals surface area contributed by atoms with Crippen LogP contribution in [0.3, 0.4) is 0 Å². The van der Waals surface area contributed by atoms with E-state index in [0.717, 1.165) is 29.5 Å². The number of hydrogen-bond acceptors (Lipinski definition) is 3.